The van der Waals surface area contributed by atoms with Crippen LogP contribution in [-0.2, 0) is 22.1 Å². The van der Waals surface area contributed by atoms with E-state index in [1.165, 1.54) is 18.2 Å². The molecule has 8 heteroatoms. The molecule has 0 saturated carbocycles. The molecule has 0 aliphatic carbocycles. The first-order valence-corrected chi connectivity index (χ1v) is 7.25. The van der Waals surface area contributed by atoms with Crippen LogP contribution in [0.4, 0.5) is 18.0 Å². The van der Waals surface area contributed by atoms with Gasteiger partial charge < -0.3 is 15.2 Å². The number of alkyl carbamates (subject to hydrolysis) is 1. The highest BCUT2D eigenvalue weighted by atomic mass is 19.4. The van der Waals surface area contributed by atoms with Crippen LogP contribution in [-0.4, -0.2) is 28.8 Å². The molecule has 0 unspecified atom stereocenters. The number of aliphatic carboxylic acids is 1. The number of benzene rings is 1. The number of carboxylic acid groups (broad SMARTS) is 1. The monoisotopic (exact) mass is 347 g/mol. The van der Waals surface area contributed by atoms with E-state index in [2.05, 4.69) is 5.32 Å². The van der Waals surface area contributed by atoms with Crippen molar-refractivity contribution in [3.05, 3.63) is 35.4 Å². The smallest absolute Gasteiger partial charge is 0.416 e. The van der Waals surface area contributed by atoms with E-state index in [0.717, 1.165) is 6.07 Å². The number of amides is 1. The molecule has 5 nitrogen and oxygen atoms in total. The van der Waals surface area contributed by atoms with Crippen molar-refractivity contribution in [1.82, 2.24) is 5.32 Å². The topological polar surface area (TPSA) is 75.6 Å². The van der Waals surface area contributed by atoms with Crippen LogP contribution in [0, 0.1) is 0 Å². The molecule has 1 atom stereocenters. The number of halogens is 3. The molecule has 0 bridgehead atoms. The summed E-state index contributed by atoms with van der Waals surface area (Å²) in [5.41, 5.74) is -1.75. The summed E-state index contributed by atoms with van der Waals surface area (Å²) in [6, 6.07) is 3.82. The number of hydrogen-bond donors (Lipinski definition) is 2. The van der Waals surface area contributed by atoms with Gasteiger partial charge in [-0.05, 0) is 38.8 Å². The minimum Gasteiger partial charge on any atom is -0.481 e. The summed E-state index contributed by atoms with van der Waals surface area (Å²) >= 11 is 0. The average Bonchev–Trinajstić information content (AvgIpc) is 2.34. The second-order valence-corrected chi connectivity index (χ2v) is 6.30. The Kier molecular flexibility index (Phi) is 6.22. The summed E-state index contributed by atoms with van der Waals surface area (Å²) in [6.07, 6.45) is -6.23. The van der Waals surface area contributed by atoms with Crippen LogP contribution >= 0.6 is 0 Å². The number of hydrogen-bond acceptors (Lipinski definition) is 3. The molecule has 0 spiro atoms. The average molecular weight is 347 g/mol. The molecule has 24 heavy (non-hydrogen) atoms. The van der Waals surface area contributed by atoms with Crippen molar-refractivity contribution in [2.24, 2.45) is 0 Å². The molecule has 1 aromatic rings. The zero-order valence-corrected chi connectivity index (χ0v) is 13.6. The van der Waals surface area contributed by atoms with E-state index < -0.39 is 41.9 Å². The fraction of sp³-hybridized carbons (Fsp3) is 0.500. The van der Waals surface area contributed by atoms with Crippen molar-refractivity contribution in [1.29, 1.82) is 0 Å². The third-order valence-corrected chi connectivity index (χ3v) is 2.93. The molecule has 0 saturated heterocycles. The lowest BCUT2D eigenvalue weighted by atomic mass is 9.98. The Morgan fingerprint density at radius 3 is 2.29 bits per heavy atom. The van der Waals surface area contributed by atoms with E-state index in [0.29, 0.717) is 0 Å². The molecule has 2 N–H and O–H groups in total. The highest BCUT2D eigenvalue weighted by Crippen LogP contribution is 2.32. The van der Waals surface area contributed by atoms with Gasteiger partial charge in [-0.1, -0.05) is 18.2 Å². The fourth-order valence-electron chi connectivity index (χ4n) is 2.10. The van der Waals surface area contributed by atoms with E-state index in [-0.39, 0.29) is 12.0 Å². The molecular formula is C16H20F3NO4. The molecule has 0 aliphatic heterocycles. The minimum absolute atomic E-state index is 0.0905. The summed E-state index contributed by atoms with van der Waals surface area (Å²) in [5.74, 6) is -1.24. The highest BCUT2D eigenvalue weighted by Gasteiger charge is 2.34. The molecule has 0 aromatic heterocycles. The maximum absolute atomic E-state index is 13.0. The maximum Gasteiger partial charge on any atom is 0.416 e. The van der Waals surface area contributed by atoms with Gasteiger partial charge in [-0.25, -0.2) is 4.79 Å². The summed E-state index contributed by atoms with van der Waals surface area (Å²) in [5, 5.41) is 11.2. The second-order valence-electron chi connectivity index (χ2n) is 6.30. The molecule has 134 valence electrons. The molecule has 1 rings (SSSR count). The maximum atomic E-state index is 13.0. The van der Waals surface area contributed by atoms with Crippen molar-refractivity contribution in [3.63, 3.8) is 0 Å². The molecule has 1 amide bonds. The molecule has 1 aromatic carbocycles. The minimum atomic E-state index is -4.56. The van der Waals surface area contributed by atoms with Gasteiger partial charge in [0, 0.05) is 6.04 Å². The van der Waals surface area contributed by atoms with Gasteiger partial charge in [0.05, 0.1) is 12.0 Å². The van der Waals surface area contributed by atoms with Crippen molar-refractivity contribution in [2.75, 3.05) is 0 Å². The van der Waals surface area contributed by atoms with Crippen LogP contribution in [0.25, 0.3) is 0 Å². The summed E-state index contributed by atoms with van der Waals surface area (Å²) in [7, 11) is 0. The number of rotatable bonds is 5. The van der Waals surface area contributed by atoms with Crippen molar-refractivity contribution >= 4 is 12.1 Å². The first-order valence-electron chi connectivity index (χ1n) is 7.25. The van der Waals surface area contributed by atoms with Gasteiger partial charge in [0.15, 0.2) is 0 Å². The van der Waals surface area contributed by atoms with Crippen LogP contribution in [0.3, 0.4) is 0 Å². The van der Waals surface area contributed by atoms with Crippen LogP contribution in [0.2, 0.25) is 0 Å². The fourth-order valence-corrected chi connectivity index (χ4v) is 2.10. The Bertz CT molecular complexity index is 594. The molecule has 0 aliphatic rings. The lowest BCUT2D eigenvalue weighted by Gasteiger charge is -2.23. The Morgan fingerprint density at radius 2 is 1.79 bits per heavy atom. The first kappa shape index (κ1) is 19.8. The first-order chi connectivity index (χ1) is 10.9. The zero-order chi connectivity index (χ0) is 18.5. The molecular weight excluding hydrogens is 327 g/mol. The van der Waals surface area contributed by atoms with Gasteiger partial charge in [0.2, 0.25) is 0 Å². The summed E-state index contributed by atoms with van der Waals surface area (Å²) < 4.78 is 44.1. The lowest BCUT2D eigenvalue weighted by molar-refractivity contribution is -0.138. The van der Waals surface area contributed by atoms with Crippen molar-refractivity contribution < 1.29 is 32.6 Å². The second kappa shape index (κ2) is 7.55. The quantitative estimate of drug-likeness (QED) is 0.853. The van der Waals surface area contributed by atoms with Gasteiger partial charge in [-0.2, -0.15) is 13.2 Å². The Morgan fingerprint density at radius 1 is 1.21 bits per heavy atom. The molecule has 0 fully saturated rings. The standard InChI is InChI=1S/C16H20F3NO4/c1-15(2,3)24-14(23)20-11(9-13(21)22)8-10-6-4-5-7-12(10)16(17,18)19/h4-7,11H,8-9H2,1-3H3,(H,20,23)(H,21,22)/t11-/m0/s1. The largest absolute Gasteiger partial charge is 0.481 e. The molecule has 0 radical (unpaired) electrons. The molecule has 0 heterocycles. The lowest BCUT2D eigenvalue weighted by Crippen LogP contribution is -2.41. The van der Waals surface area contributed by atoms with E-state index in [1.807, 2.05) is 0 Å². The van der Waals surface area contributed by atoms with Gasteiger partial charge in [0.1, 0.15) is 5.60 Å². The van der Waals surface area contributed by atoms with Crippen molar-refractivity contribution in [3.8, 4) is 0 Å². The normalized spacial score (nSPS) is 13.2. The van der Waals surface area contributed by atoms with E-state index in [4.69, 9.17) is 9.84 Å². The number of nitrogens with one attached hydrogen (secondary N) is 1. The number of carboxylic acids is 1. The van der Waals surface area contributed by atoms with E-state index >= 15 is 0 Å². The van der Waals surface area contributed by atoms with Crippen LogP contribution in [0.1, 0.15) is 38.3 Å². The number of alkyl halides is 3. The third kappa shape index (κ3) is 6.89. The predicted octanol–water partition coefficient (Wildman–Crippen LogP) is 3.62. The van der Waals surface area contributed by atoms with E-state index in [1.54, 1.807) is 20.8 Å². The van der Waals surface area contributed by atoms with Crippen LogP contribution in [0.5, 0.6) is 0 Å². The van der Waals surface area contributed by atoms with Gasteiger partial charge in [-0.3, -0.25) is 4.79 Å². The Labute approximate surface area is 137 Å². The number of carbonyl (C=O) groups excluding carboxylic acids is 1. The van der Waals surface area contributed by atoms with Gasteiger partial charge >= 0.3 is 18.2 Å². The predicted molar refractivity (Wildman–Crippen MR) is 80.6 cm³/mol. The Hall–Kier alpha value is -2.25. The van der Waals surface area contributed by atoms with Gasteiger partial charge in [-0.15, -0.1) is 0 Å². The number of ether oxygens (including phenoxy) is 1. The Balaban J connectivity index is 2.95. The van der Waals surface area contributed by atoms with E-state index in [9.17, 15) is 22.8 Å². The zero-order valence-electron chi connectivity index (χ0n) is 13.6. The number of carbonyl (C=O) groups is 2. The highest BCUT2D eigenvalue weighted by molar-refractivity contribution is 5.71. The third-order valence-electron chi connectivity index (χ3n) is 2.93. The van der Waals surface area contributed by atoms with Crippen LogP contribution in [0.15, 0.2) is 24.3 Å². The van der Waals surface area contributed by atoms with Crippen molar-refractivity contribution in [2.45, 2.75) is 51.4 Å². The summed E-state index contributed by atoms with van der Waals surface area (Å²) in [6.45, 7) is 4.87. The SMILES string of the molecule is CC(C)(C)OC(=O)N[C@H](CC(=O)O)Cc1ccccc1C(F)(F)F. The van der Waals surface area contributed by atoms with Crippen LogP contribution < -0.4 is 5.32 Å². The van der Waals surface area contributed by atoms with Gasteiger partial charge in [0.25, 0.3) is 0 Å². The summed E-state index contributed by atoms with van der Waals surface area (Å²) in [4.78, 5) is 22.7.